The lowest BCUT2D eigenvalue weighted by Crippen LogP contribution is -2.37. The Hall–Kier alpha value is -0.610. The summed E-state index contributed by atoms with van der Waals surface area (Å²) in [4.78, 5) is 0. The van der Waals surface area contributed by atoms with Crippen LogP contribution in [0, 0.1) is 0 Å². The third-order valence-corrected chi connectivity index (χ3v) is 4.24. The fraction of sp³-hybridized carbons (Fsp3) is 0.647. The molecule has 118 valence electrons. The molecule has 1 saturated carbocycles. The molecule has 1 aliphatic carbocycles. The molecular weight excluding hydrogens is 286 g/mol. The van der Waals surface area contributed by atoms with Crippen LogP contribution >= 0.6 is 11.6 Å². The smallest absolute Gasteiger partial charge is 0.0897 e. The summed E-state index contributed by atoms with van der Waals surface area (Å²) in [5.74, 6) is 0. The number of nitrogens with one attached hydrogen (secondary N) is 1. The van der Waals surface area contributed by atoms with Crippen LogP contribution in [0.25, 0.3) is 0 Å². The summed E-state index contributed by atoms with van der Waals surface area (Å²) in [5.41, 5.74) is 1.07. The molecule has 2 N–H and O–H groups in total. The van der Waals surface area contributed by atoms with Crippen LogP contribution in [0.5, 0.6) is 0 Å². The van der Waals surface area contributed by atoms with Gasteiger partial charge in [0.25, 0.3) is 0 Å². The van der Waals surface area contributed by atoms with Crippen molar-refractivity contribution in [1.82, 2.24) is 5.32 Å². The monoisotopic (exact) mass is 311 g/mol. The third kappa shape index (κ3) is 6.79. The van der Waals surface area contributed by atoms with Gasteiger partial charge in [0.1, 0.15) is 0 Å². The largest absolute Gasteiger partial charge is 0.389 e. The molecule has 21 heavy (non-hydrogen) atoms. The van der Waals surface area contributed by atoms with E-state index in [4.69, 9.17) is 16.3 Å². The molecule has 1 aromatic carbocycles. The first-order valence-electron chi connectivity index (χ1n) is 7.97. The maximum atomic E-state index is 9.96. The van der Waals surface area contributed by atoms with Gasteiger partial charge in [-0.15, -0.1) is 0 Å². The second kappa shape index (κ2) is 9.42. The fourth-order valence-electron chi connectivity index (χ4n) is 2.74. The van der Waals surface area contributed by atoms with E-state index < -0.39 is 6.10 Å². The number of halogens is 1. The van der Waals surface area contributed by atoms with Crippen molar-refractivity contribution in [3.63, 3.8) is 0 Å². The Kier molecular flexibility index (Phi) is 7.51. The van der Waals surface area contributed by atoms with Crippen molar-refractivity contribution >= 4 is 11.6 Å². The topological polar surface area (TPSA) is 41.5 Å². The maximum absolute atomic E-state index is 9.96. The second-order valence-corrected chi connectivity index (χ2v) is 6.33. The summed E-state index contributed by atoms with van der Waals surface area (Å²) in [6.45, 7) is 1.49. The van der Waals surface area contributed by atoms with Crippen molar-refractivity contribution in [2.75, 3.05) is 13.2 Å². The number of hydrogen-bond acceptors (Lipinski definition) is 3. The first-order valence-corrected chi connectivity index (χ1v) is 8.35. The van der Waals surface area contributed by atoms with E-state index in [1.165, 1.54) is 38.5 Å². The minimum Gasteiger partial charge on any atom is -0.389 e. The predicted molar refractivity (Wildman–Crippen MR) is 86.6 cm³/mol. The lowest BCUT2D eigenvalue weighted by molar-refractivity contribution is 0.0274. The second-order valence-electron chi connectivity index (χ2n) is 5.89. The van der Waals surface area contributed by atoms with Gasteiger partial charge in [-0.25, -0.2) is 0 Å². The van der Waals surface area contributed by atoms with Crippen molar-refractivity contribution in [1.29, 1.82) is 0 Å². The van der Waals surface area contributed by atoms with Crippen molar-refractivity contribution in [2.24, 2.45) is 0 Å². The zero-order valence-electron chi connectivity index (χ0n) is 12.6. The zero-order valence-corrected chi connectivity index (χ0v) is 13.3. The van der Waals surface area contributed by atoms with Gasteiger partial charge in [-0.05, 0) is 30.5 Å². The van der Waals surface area contributed by atoms with Crippen LogP contribution in [-0.4, -0.2) is 30.4 Å². The summed E-state index contributed by atoms with van der Waals surface area (Å²) in [6, 6.07) is 8.16. The molecule has 0 saturated heterocycles. The first-order chi connectivity index (χ1) is 10.2. The van der Waals surface area contributed by atoms with E-state index in [0.717, 1.165) is 10.6 Å². The molecule has 0 heterocycles. The van der Waals surface area contributed by atoms with Gasteiger partial charge in [0.05, 0.1) is 19.3 Å². The molecule has 0 amide bonds. The van der Waals surface area contributed by atoms with Crippen LogP contribution in [-0.2, 0) is 11.3 Å². The lowest BCUT2D eigenvalue weighted by atomic mass is 10.1. The average Bonchev–Trinajstić information content (AvgIpc) is 2.76. The van der Waals surface area contributed by atoms with E-state index in [-0.39, 0.29) is 0 Å². The van der Waals surface area contributed by atoms with Gasteiger partial charge >= 0.3 is 0 Å². The van der Waals surface area contributed by atoms with Gasteiger partial charge < -0.3 is 15.2 Å². The molecular formula is C17H26ClNO2. The van der Waals surface area contributed by atoms with Crippen molar-refractivity contribution in [3.05, 3.63) is 34.9 Å². The predicted octanol–water partition coefficient (Wildman–Crippen LogP) is 3.53. The molecule has 0 aromatic heterocycles. The van der Waals surface area contributed by atoms with Crippen LogP contribution in [0.15, 0.2) is 24.3 Å². The van der Waals surface area contributed by atoms with E-state index in [2.05, 4.69) is 5.32 Å². The SMILES string of the molecule is O[C@H](CNC1CCCCCC1)COCc1ccc(Cl)cc1. The van der Waals surface area contributed by atoms with Gasteiger partial charge in [0.15, 0.2) is 0 Å². The van der Waals surface area contributed by atoms with Crippen molar-refractivity contribution < 1.29 is 9.84 Å². The molecule has 0 spiro atoms. The van der Waals surface area contributed by atoms with Crippen LogP contribution in [0.2, 0.25) is 5.02 Å². The van der Waals surface area contributed by atoms with Crippen LogP contribution in [0.4, 0.5) is 0 Å². The maximum Gasteiger partial charge on any atom is 0.0897 e. The molecule has 1 atom stereocenters. The quantitative estimate of drug-likeness (QED) is 0.757. The van der Waals surface area contributed by atoms with Crippen LogP contribution in [0.3, 0.4) is 0 Å². The standard InChI is InChI=1S/C17H26ClNO2/c18-15-9-7-14(8-10-15)12-21-13-17(20)11-19-16-5-3-1-2-4-6-16/h7-10,16-17,19-20H,1-6,11-13H2/t17-/m1/s1. The molecule has 4 heteroatoms. The minimum absolute atomic E-state index is 0.363. The van der Waals surface area contributed by atoms with Gasteiger partial charge in [-0.3, -0.25) is 0 Å². The molecule has 1 aromatic rings. The van der Waals surface area contributed by atoms with Crippen molar-refractivity contribution in [2.45, 2.75) is 57.3 Å². The van der Waals surface area contributed by atoms with E-state index >= 15 is 0 Å². The summed E-state index contributed by atoms with van der Waals surface area (Å²) in [5, 5.41) is 14.2. The Balaban J connectivity index is 1.58. The number of ether oxygens (including phenoxy) is 1. The molecule has 0 radical (unpaired) electrons. The summed E-state index contributed by atoms with van der Waals surface area (Å²) in [6.07, 6.45) is 7.34. The normalized spacial score (nSPS) is 18.4. The number of rotatable bonds is 7. The van der Waals surface area contributed by atoms with E-state index in [1.54, 1.807) is 0 Å². The first kappa shape index (κ1) is 16.8. The fourth-order valence-corrected chi connectivity index (χ4v) is 2.86. The Morgan fingerprint density at radius 3 is 2.48 bits per heavy atom. The molecule has 0 aliphatic heterocycles. The summed E-state index contributed by atoms with van der Waals surface area (Å²) < 4.78 is 5.55. The van der Waals surface area contributed by atoms with Gasteiger partial charge in [0, 0.05) is 17.6 Å². The Morgan fingerprint density at radius 2 is 1.81 bits per heavy atom. The molecule has 1 aliphatic rings. The number of aliphatic hydroxyl groups is 1. The van der Waals surface area contributed by atoms with Gasteiger partial charge in [0.2, 0.25) is 0 Å². The number of hydrogen-bond donors (Lipinski definition) is 2. The third-order valence-electron chi connectivity index (χ3n) is 3.99. The number of benzene rings is 1. The van der Waals surface area contributed by atoms with Gasteiger partial charge in [-0.1, -0.05) is 49.4 Å². The molecule has 2 rings (SSSR count). The van der Waals surface area contributed by atoms with Gasteiger partial charge in [-0.2, -0.15) is 0 Å². The average molecular weight is 312 g/mol. The highest BCUT2D eigenvalue weighted by Crippen LogP contribution is 2.17. The summed E-state index contributed by atoms with van der Waals surface area (Å²) in [7, 11) is 0. The highest BCUT2D eigenvalue weighted by Gasteiger charge is 2.13. The van der Waals surface area contributed by atoms with E-state index in [0.29, 0.717) is 25.8 Å². The highest BCUT2D eigenvalue weighted by atomic mass is 35.5. The summed E-state index contributed by atoms with van der Waals surface area (Å²) >= 11 is 5.83. The molecule has 0 unspecified atom stereocenters. The van der Waals surface area contributed by atoms with Crippen LogP contribution < -0.4 is 5.32 Å². The van der Waals surface area contributed by atoms with Crippen LogP contribution in [0.1, 0.15) is 44.1 Å². The molecule has 3 nitrogen and oxygen atoms in total. The Morgan fingerprint density at radius 1 is 1.14 bits per heavy atom. The molecule has 0 bridgehead atoms. The molecule has 1 fully saturated rings. The highest BCUT2D eigenvalue weighted by molar-refractivity contribution is 6.30. The number of aliphatic hydroxyl groups excluding tert-OH is 1. The van der Waals surface area contributed by atoms with Crippen molar-refractivity contribution in [3.8, 4) is 0 Å². The Bertz CT molecular complexity index is 388. The van der Waals surface area contributed by atoms with E-state index in [9.17, 15) is 5.11 Å². The Labute approximate surface area is 132 Å². The van der Waals surface area contributed by atoms with E-state index in [1.807, 2.05) is 24.3 Å². The lowest BCUT2D eigenvalue weighted by Gasteiger charge is -2.19. The zero-order chi connectivity index (χ0) is 14.9. The minimum atomic E-state index is -0.444.